The van der Waals surface area contributed by atoms with E-state index in [0.717, 1.165) is 18.5 Å². The smallest absolute Gasteiger partial charge is 0.271 e. The molecule has 3 nitrogen and oxygen atoms in total. The van der Waals surface area contributed by atoms with Crippen LogP contribution in [-0.4, -0.2) is 32.2 Å². The van der Waals surface area contributed by atoms with Crippen molar-refractivity contribution in [3.8, 4) is 0 Å². The molecule has 5 heteroatoms. The summed E-state index contributed by atoms with van der Waals surface area (Å²) in [4.78, 5) is 17.2. The highest BCUT2D eigenvalue weighted by atomic mass is 35.5. The molecule has 1 amide bonds. The SMILES string of the molecule is O=C1c2[nH]ccc2C=CC23C(CCN12)C3(Cl)Cl. The van der Waals surface area contributed by atoms with Crippen molar-refractivity contribution in [1.82, 2.24) is 9.88 Å². The molecule has 4 rings (SSSR count). The van der Waals surface area contributed by atoms with Crippen molar-refractivity contribution in [3.63, 3.8) is 0 Å². The van der Waals surface area contributed by atoms with Crippen LogP contribution in [0.2, 0.25) is 0 Å². The molecule has 2 unspecified atom stereocenters. The van der Waals surface area contributed by atoms with Gasteiger partial charge >= 0.3 is 0 Å². The van der Waals surface area contributed by atoms with Gasteiger partial charge in [0.05, 0.1) is 0 Å². The maximum atomic E-state index is 12.4. The number of rotatable bonds is 0. The highest BCUT2D eigenvalue weighted by molar-refractivity contribution is 6.53. The third-order valence-corrected chi connectivity index (χ3v) is 5.40. The Morgan fingerprint density at radius 2 is 2.29 bits per heavy atom. The van der Waals surface area contributed by atoms with Crippen LogP contribution in [0, 0.1) is 5.92 Å². The van der Waals surface area contributed by atoms with Crippen LogP contribution in [0.1, 0.15) is 22.5 Å². The molecule has 2 aliphatic heterocycles. The second kappa shape index (κ2) is 2.73. The highest BCUT2D eigenvalue weighted by Crippen LogP contribution is 2.71. The molecule has 0 bridgehead atoms. The lowest BCUT2D eigenvalue weighted by Crippen LogP contribution is -2.42. The summed E-state index contributed by atoms with van der Waals surface area (Å²) in [6.07, 6.45) is 6.61. The van der Waals surface area contributed by atoms with Crippen molar-refractivity contribution >= 4 is 35.2 Å². The average molecular weight is 269 g/mol. The minimum atomic E-state index is -0.819. The van der Waals surface area contributed by atoms with Crippen LogP contribution in [-0.2, 0) is 0 Å². The molecule has 3 aliphatic rings. The number of H-pyrrole nitrogens is 1. The van der Waals surface area contributed by atoms with Crippen molar-refractivity contribution in [1.29, 1.82) is 0 Å². The molecule has 1 saturated carbocycles. The van der Waals surface area contributed by atoms with Crippen molar-refractivity contribution in [2.45, 2.75) is 16.3 Å². The van der Waals surface area contributed by atoms with Crippen LogP contribution in [0.4, 0.5) is 0 Å². The number of halogens is 2. The largest absolute Gasteiger partial charge is 0.357 e. The van der Waals surface area contributed by atoms with E-state index in [1.165, 1.54) is 0 Å². The van der Waals surface area contributed by atoms with Gasteiger partial charge in [0.2, 0.25) is 0 Å². The lowest BCUT2D eigenvalue weighted by Gasteiger charge is -2.27. The quantitative estimate of drug-likeness (QED) is 0.721. The third kappa shape index (κ3) is 0.914. The maximum absolute atomic E-state index is 12.4. The Hall–Kier alpha value is -0.930. The van der Waals surface area contributed by atoms with E-state index in [4.69, 9.17) is 23.2 Å². The van der Waals surface area contributed by atoms with E-state index in [-0.39, 0.29) is 11.8 Å². The zero-order chi connectivity index (χ0) is 11.8. The number of aromatic amines is 1. The Kier molecular flexibility index (Phi) is 1.61. The molecule has 1 saturated heterocycles. The standard InChI is InChI=1S/C12H10Cl2N2O/c13-12(14)8-3-6-16-10(17)9-7(2-5-15-9)1-4-11(8,12)16/h1-2,4-5,8,15H,3,6H2. The van der Waals surface area contributed by atoms with E-state index in [1.807, 2.05) is 23.1 Å². The number of amides is 1. The monoisotopic (exact) mass is 268 g/mol. The number of alkyl halides is 2. The number of hydrogen-bond acceptors (Lipinski definition) is 1. The molecular weight excluding hydrogens is 259 g/mol. The van der Waals surface area contributed by atoms with E-state index < -0.39 is 9.87 Å². The van der Waals surface area contributed by atoms with Gasteiger partial charge in [0.1, 0.15) is 11.2 Å². The predicted octanol–water partition coefficient (Wildman–Crippen LogP) is 2.43. The number of nitrogens with one attached hydrogen (secondary N) is 1. The number of fused-ring (bicyclic) bond motifs is 1. The molecule has 0 aromatic carbocycles. The fourth-order valence-corrected chi connectivity index (χ4v) is 4.37. The number of carbonyl (C=O) groups is 1. The van der Waals surface area contributed by atoms with Gasteiger partial charge in [-0.2, -0.15) is 0 Å². The van der Waals surface area contributed by atoms with Crippen molar-refractivity contribution in [2.75, 3.05) is 6.54 Å². The van der Waals surface area contributed by atoms with Crippen LogP contribution < -0.4 is 0 Å². The van der Waals surface area contributed by atoms with Gasteiger partial charge in [-0.1, -0.05) is 35.4 Å². The molecular formula is C12H10Cl2N2O. The van der Waals surface area contributed by atoms with Crippen LogP contribution in [0.3, 0.4) is 0 Å². The third-order valence-electron chi connectivity index (χ3n) is 4.26. The first-order valence-corrected chi connectivity index (χ1v) is 6.41. The molecule has 1 aliphatic carbocycles. The second-order valence-electron chi connectivity index (χ2n) is 4.89. The zero-order valence-electron chi connectivity index (χ0n) is 8.91. The minimum Gasteiger partial charge on any atom is -0.357 e. The molecule has 1 N–H and O–H groups in total. The van der Waals surface area contributed by atoms with Crippen LogP contribution >= 0.6 is 23.2 Å². The summed E-state index contributed by atoms with van der Waals surface area (Å²) >= 11 is 12.7. The van der Waals surface area contributed by atoms with Crippen molar-refractivity contribution < 1.29 is 4.79 Å². The van der Waals surface area contributed by atoms with Gasteiger partial charge in [-0.15, -0.1) is 0 Å². The molecule has 1 aromatic rings. The molecule has 2 atom stereocenters. The summed E-state index contributed by atoms with van der Waals surface area (Å²) in [7, 11) is 0. The average Bonchev–Trinajstić information content (AvgIpc) is 2.73. The van der Waals surface area contributed by atoms with Crippen LogP contribution in [0.5, 0.6) is 0 Å². The summed E-state index contributed by atoms with van der Waals surface area (Å²) in [5, 5.41) is 0. The number of nitrogens with zero attached hydrogens (tertiary/aromatic N) is 1. The Balaban J connectivity index is 1.92. The number of aromatic nitrogens is 1. The van der Waals surface area contributed by atoms with E-state index in [2.05, 4.69) is 4.98 Å². The van der Waals surface area contributed by atoms with Gasteiger partial charge in [0.15, 0.2) is 4.33 Å². The molecule has 3 heterocycles. The Labute approximate surface area is 108 Å². The fourth-order valence-electron chi connectivity index (χ4n) is 3.34. The minimum absolute atomic E-state index is 0.000625. The Morgan fingerprint density at radius 1 is 1.47 bits per heavy atom. The van der Waals surface area contributed by atoms with E-state index in [1.54, 1.807) is 6.20 Å². The fraction of sp³-hybridized carbons (Fsp3) is 0.417. The molecule has 0 radical (unpaired) electrons. The van der Waals surface area contributed by atoms with E-state index in [9.17, 15) is 4.79 Å². The summed E-state index contributed by atoms with van der Waals surface area (Å²) < 4.78 is -0.819. The molecule has 2 fully saturated rings. The first-order chi connectivity index (χ1) is 8.09. The van der Waals surface area contributed by atoms with Crippen molar-refractivity contribution in [2.24, 2.45) is 5.92 Å². The number of carbonyl (C=O) groups excluding carboxylic acids is 1. The molecule has 1 spiro atoms. The van der Waals surface area contributed by atoms with Crippen LogP contribution in [0.15, 0.2) is 18.3 Å². The molecule has 88 valence electrons. The second-order valence-corrected chi connectivity index (χ2v) is 6.27. The summed E-state index contributed by atoms with van der Waals surface area (Å²) in [6, 6.07) is 1.89. The van der Waals surface area contributed by atoms with E-state index >= 15 is 0 Å². The van der Waals surface area contributed by atoms with Gasteiger partial charge in [0, 0.05) is 24.2 Å². The summed E-state index contributed by atoms with van der Waals surface area (Å²) in [5.41, 5.74) is 1.07. The lowest BCUT2D eigenvalue weighted by atomic mass is 10.2. The lowest BCUT2D eigenvalue weighted by molar-refractivity contribution is 0.0722. The van der Waals surface area contributed by atoms with Crippen LogP contribution in [0.25, 0.3) is 6.08 Å². The van der Waals surface area contributed by atoms with Gasteiger partial charge in [-0.05, 0) is 12.5 Å². The Morgan fingerprint density at radius 3 is 3.06 bits per heavy atom. The first-order valence-electron chi connectivity index (χ1n) is 5.65. The van der Waals surface area contributed by atoms with Gasteiger partial charge in [-0.25, -0.2) is 0 Å². The van der Waals surface area contributed by atoms with Gasteiger partial charge in [-0.3, -0.25) is 4.79 Å². The Bertz CT molecular complexity index is 563. The van der Waals surface area contributed by atoms with Gasteiger partial charge in [0.25, 0.3) is 5.91 Å². The maximum Gasteiger partial charge on any atom is 0.271 e. The highest BCUT2D eigenvalue weighted by Gasteiger charge is 2.81. The number of piperidine rings is 1. The first kappa shape index (κ1) is 10.0. The normalized spacial score (nSPS) is 36.2. The predicted molar refractivity (Wildman–Crippen MR) is 66.1 cm³/mol. The molecule has 1 aromatic heterocycles. The zero-order valence-corrected chi connectivity index (χ0v) is 10.4. The summed E-state index contributed by atoms with van der Waals surface area (Å²) in [5.74, 6) is 0.170. The number of hydrogen-bond donors (Lipinski definition) is 1. The topological polar surface area (TPSA) is 36.1 Å². The van der Waals surface area contributed by atoms with Gasteiger partial charge < -0.3 is 9.88 Å². The van der Waals surface area contributed by atoms with Crippen molar-refractivity contribution in [3.05, 3.63) is 29.6 Å². The molecule has 17 heavy (non-hydrogen) atoms. The summed E-state index contributed by atoms with van der Waals surface area (Å²) in [6.45, 7) is 0.730. The van der Waals surface area contributed by atoms with E-state index in [0.29, 0.717) is 5.69 Å².